The van der Waals surface area contributed by atoms with Gasteiger partial charge in [0.25, 0.3) is 0 Å². The minimum Gasteiger partial charge on any atom is -0.465 e. The molecule has 0 saturated heterocycles. The molecule has 0 aliphatic heterocycles. The molecular weight excluding hydrogens is 717 g/mol. The third-order valence-electron chi connectivity index (χ3n) is 9.27. The van der Waals surface area contributed by atoms with Crippen LogP contribution in [0, 0.1) is 14.9 Å². The van der Waals surface area contributed by atoms with Gasteiger partial charge in [0.15, 0.2) is 5.92 Å². The molecule has 2 rings (SSSR count). The molecule has 2 aromatic carbocycles. The predicted octanol–water partition coefficient (Wildman–Crippen LogP) is 12.2. The number of nitriles is 1. The maximum absolute atomic E-state index is 11.9. The summed E-state index contributed by atoms with van der Waals surface area (Å²) in [5.41, 5.74) is 6.57. The van der Waals surface area contributed by atoms with Crippen molar-refractivity contribution in [1.82, 2.24) is 0 Å². The molecule has 1 unspecified atom stereocenters. The minimum absolute atomic E-state index is 0. The number of halogens is 1. The number of carbonyl (C=O) groups is 1. The van der Waals surface area contributed by atoms with Crippen molar-refractivity contribution in [2.45, 2.75) is 150 Å². The Hall–Kier alpha value is -1.52. The van der Waals surface area contributed by atoms with E-state index < -0.39 is 28.5 Å². The molecule has 5 nitrogen and oxygen atoms in total. The lowest BCUT2D eigenvalue weighted by atomic mass is 9.99. The SMILES string of the molecule is C.CC(C)[Si](OCc1ccc(I)cc1)(C(C)C)C(C)C.CCOC(=O)C(C#N)c1ccc(CO[Si](C(C)C)(C(C)C)C(C)C)cc1. The molecule has 0 saturated carbocycles. The molecular formula is C38H64INO4Si2. The molecule has 0 bridgehead atoms. The maximum Gasteiger partial charge on any atom is 0.327 e. The molecule has 46 heavy (non-hydrogen) atoms. The van der Waals surface area contributed by atoms with Gasteiger partial charge in [-0.25, -0.2) is 0 Å². The maximum atomic E-state index is 11.9. The predicted molar refractivity (Wildman–Crippen MR) is 209 cm³/mol. The zero-order valence-corrected chi connectivity index (χ0v) is 34.4. The monoisotopic (exact) mass is 781 g/mol. The fourth-order valence-corrected chi connectivity index (χ4v) is 18.5. The standard InChI is InChI=1S/C21H33NO3Si.C16H27IOSi.CH4/c1-8-24-21(23)20(13-22)19-11-9-18(10-12-19)14-25-26(15(2)3,16(4)5)17(6)7;1-12(2)19(13(3)4,14(5)6)18-11-15-7-9-16(17)10-8-15;/h9-12,15-17,20H,8,14H2,1-7H3;7-10,12-14H,11H2,1-6H3;1H4. The van der Waals surface area contributed by atoms with Gasteiger partial charge in [-0.15, -0.1) is 0 Å². The van der Waals surface area contributed by atoms with Crippen LogP contribution < -0.4 is 0 Å². The van der Waals surface area contributed by atoms with Crippen molar-refractivity contribution >= 4 is 45.2 Å². The number of hydrogen-bond donors (Lipinski definition) is 0. The molecule has 0 aliphatic rings. The lowest BCUT2D eigenvalue weighted by molar-refractivity contribution is -0.143. The van der Waals surface area contributed by atoms with Crippen molar-refractivity contribution in [3.63, 3.8) is 0 Å². The molecule has 2 aromatic rings. The first-order chi connectivity index (χ1) is 21.0. The van der Waals surface area contributed by atoms with Gasteiger partial charge in [0.05, 0.1) is 25.9 Å². The van der Waals surface area contributed by atoms with Crippen LogP contribution in [-0.2, 0) is 31.6 Å². The quantitative estimate of drug-likeness (QED) is 0.102. The molecule has 0 heterocycles. The molecule has 0 radical (unpaired) electrons. The average molecular weight is 782 g/mol. The lowest BCUT2D eigenvalue weighted by Gasteiger charge is -2.42. The van der Waals surface area contributed by atoms with Gasteiger partial charge in [-0.2, -0.15) is 5.26 Å². The zero-order valence-electron chi connectivity index (χ0n) is 30.2. The van der Waals surface area contributed by atoms with Gasteiger partial charge in [0.2, 0.25) is 16.6 Å². The Morgan fingerprint density at radius 1 is 0.674 bits per heavy atom. The Balaban J connectivity index is 0.000000902. The van der Waals surface area contributed by atoms with E-state index in [2.05, 4.69) is 130 Å². The van der Waals surface area contributed by atoms with Crippen LogP contribution in [0.15, 0.2) is 48.5 Å². The lowest BCUT2D eigenvalue weighted by Crippen LogP contribution is -2.47. The highest BCUT2D eigenvalue weighted by molar-refractivity contribution is 14.1. The van der Waals surface area contributed by atoms with Gasteiger partial charge in [-0.1, -0.05) is 127 Å². The number of ether oxygens (including phenoxy) is 1. The Kier molecular flexibility index (Phi) is 20.1. The van der Waals surface area contributed by atoms with Crippen LogP contribution in [0.4, 0.5) is 0 Å². The molecule has 0 fully saturated rings. The number of carbonyl (C=O) groups excluding carboxylic acids is 1. The van der Waals surface area contributed by atoms with E-state index in [-0.39, 0.29) is 14.0 Å². The smallest absolute Gasteiger partial charge is 0.327 e. The van der Waals surface area contributed by atoms with E-state index in [4.69, 9.17) is 13.6 Å². The summed E-state index contributed by atoms with van der Waals surface area (Å²) in [5.74, 6) is -1.37. The Morgan fingerprint density at radius 3 is 1.28 bits per heavy atom. The van der Waals surface area contributed by atoms with Crippen LogP contribution >= 0.6 is 22.6 Å². The largest absolute Gasteiger partial charge is 0.465 e. The Labute approximate surface area is 298 Å². The fraction of sp³-hybridized carbons (Fsp3) is 0.632. The molecule has 260 valence electrons. The highest BCUT2D eigenvalue weighted by atomic mass is 127. The van der Waals surface area contributed by atoms with Crippen LogP contribution in [0.25, 0.3) is 0 Å². The molecule has 0 aliphatic carbocycles. The summed E-state index contributed by atoms with van der Waals surface area (Å²) in [6.07, 6.45) is 0. The summed E-state index contributed by atoms with van der Waals surface area (Å²) in [6.45, 7) is 31.0. The first kappa shape index (κ1) is 44.5. The first-order valence-electron chi connectivity index (χ1n) is 16.7. The highest BCUT2D eigenvalue weighted by Gasteiger charge is 2.46. The van der Waals surface area contributed by atoms with E-state index in [1.165, 1.54) is 9.13 Å². The second-order valence-electron chi connectivity index (χ2n) is 13.9. The number of hydrogen-bond acceptors (Lipinski definition) is 5. The summed E-state index contributed by atoms with van der Waals surface area (Å²) in [4.78, 5) is 11.9. The number of rotatable bonds is 15. The van der Waals surface area contributed by atoms with E-state index in [1.807, 2.05) is 30.3 Å². The van der Waals surface area contributed by atoms with Gasteiger partial charge < -0.3 is 13.6 Å². The number of benzene rings is 2. The van der Waals surface area contributed by atoms with E-state index in [9.17, 15) is 10.1 Å². The molecule has 0 aromatic heterocycles. The Bertz CT molecular complexity index is 1150. The van der Waals surface area contributed by atoms with Gasteiger partial charge in [-0.3, -0.25) is 4.79 Å². The minimum atomic E-state index is -1.91. The average Bonchev–Trinajstić information content (AvgIpc) is 2.95. The van der Waals surface area contributed by atoms with Gasteiger partial charge in [0, 0.05) is 3.57 Å². The second-order valence-corrected chi connectivity index (χ2v) is 26.1. The van der Waals surface area contributed by atoms with Crippen molar-refractivity contribution < 1.29 is 18.4 Å². The summed E-state index contributed by atoms with van der Waals surface area (Å²) in [7, 11) is -3.63. The van der Waals surface area contributed by atoms with Crippen LogP contribution in [-0.4, -0.2) is 29.2 Å². The van der Waals surface area contributed by atoms with Gasteiger partial charge >= 0.3 is 5.97 Å². The van der Waals surface area contributed by atoms with E-state index >= 15 is 0 Å². The topological polar surface area (TPSA) is 68.5 Å². The van der Waals surface area contributed by atoms with Crippen LogP contribution in [0.5, 0.6) is 0 Å². The fourth-order valence-electron chi connectivity index (χ4n) is 7.29. The highest BCUT2D eigenvalue weighted by Crippen LogP contribution is 2.43. The zero-order chi connectivity index (χ0) is 34.5. The molecule has 8 heteroatoms. The molecule has 0 N–H and O–H groups in total. The van der Waals surface area contributed by atoms with E-state index in [0.717, 1.165) is 12.2 Å². The summed E-state index contributed by atoms with van der Waals surface area (Å²) < 4.78 is 19.4. The van der Waals surface area contributed by atoms with Crippen molar-refractivity contribution in [1.29, 1.82) is 5.26 Å². The van der Waals surface area contributed by atoms with Crippen molar-refractivity contribution in [3.8, 4) is 6.07 Å². The van der Waals surface area contributed by atoms with Crippen LogP contribution in [0.1, 0.15) is 120 Å². The first-order valence-corrected chi connectivity index (χ1v) is 22.0. The third kappa shape index (κ3) is 11.6. The van der Waals surface area contributed by atoms with Crippen LogP contribution in [0.2, 0.25) is 33.2 Å². The van der Waals surface area contributed by atoms with Gasteiger partial charge in [0.1, 0.15) is 0 Å². The molecule has 1 atom stereocenters. The van der Waals surface area contributed by atoms with Crippen molar-refractivity contribution in [2.24, 2.45) is 0 Å². The molecule has 0 amide bonds. The summed E-state index contributed by atoms with van der Waals surface area (Å²) in [6, 6.07) is 18.2. The normalized spacial score (nSPS) is 12.7. The van der Waals surface area contributed by atoms with Crippen molar-refractivity contribution in [2.75, 3.05) is 6.61 Å². The number of esters is 1. The third-order valence-corrected chi connectivity index (χ3v) is 22.1. The summed E-state index contributed by atoms with van der Waals surface area (Å²) in [5, 5.41) is 9.27. The van der Waals surface area contributed by atoms with E-state index in [0.29, 0.717) is 45.4 Å². The van der Waals surface area contributed by atoms with Crippen LogP contribution in [0.3, 0.4) is 0 Å². The van der Waals surface area contributed by atoms with Gasteiger partial charge in [-0.05, 0) is 91.6 Å². The molecule has 0 spiro atoms. The Morgan fingerprint density at radius 2 is 1.00 bits per heavy atom. The number of nitrogens with zero attached hydrogens (tertiary/aromatic N) is 1. The van der Waals surface area contributed by atoms with E-state index in [1.54, 1.807) is 6.92 Å². The second kappa shape index (κ2) is 20.8. The summed E-state index contributed by atoms with van der Waals surface area (Å²) >= 11 is 2.34. The van der Waals surface area contributed by atoms with Crippen molar-refractivity contribution in [3.05, 3.63) is 68.8 Å².